The Labute approximate surface area is 91.3 Å². The van der Waals surface area contributed by atoms with Gasteiger partial charge in [-0.15, -0.1) is 0 Å². The fraction of sp³-hybridized carbons (Fsp3) is 0.273. The van der Waals surface area contributed by atoms with Gasteiger partial charge < -0.3 is 9.67 Å². The van der Waals surface area contributed by atoms with Crippen LogP contribution in [0.4, 0.5) is 0 Å². The lowest BCUT2D eigenvalue weighted by molar-refractivity contribution is 0.297. The molecule has 14 heavy (non-hydrogen) atoms. The van der Waals surface area contributed by atoms with E-state index in [0.717, 1.165) is 4.47 Å². The van der Waals surface area contributed by atoms with Gasteiger partial charge in [-0.2, -0.15) is 0 Å². The number of benzene rings is 1. The van der Waals surface area contributed by atoms with E-state index in [0.29, 0.717) is 6.42 Å². The van der Waals surface area contributed by atoms with Crippen LogP contribution in [0.3, 0.4) is 0 Å². The summed E-state index contributed by atoms with van der Waals surface area (Å²) in [4.78, 5) is 0. The molecule has 1 aromatic carbocycles. The van der Waals surface area contributed by atoms with Gasteiger partial charge in [-0.25, -0.2) is 0 Å². The van der Waals surface area contributed by atoms with Crippen LogP contribution in [0.1, 0.15) is 5.69 Å². The molecule has 0 radical (unpaired) electrons. The molecular formula is C11H12BrNO. The number of nitrogens with zero attached hydrogens (tertiary/aromatic N) is 1. The van der Waals surface area contributed by atoms with E-state index in [2.05, 4.69) is 38.7 Å². The summed E-state index contributed by atoms with van der Waals surface area (Å²) < 4.78 is 3.21. The maximum Gasteiger partial charge on any atom is 0.0485 e. The van der Waals surface area contributed by atoms with Crippen LogP contribution in [-0.4, -0.2) is 16.3 Å². The molecule has 3 heteroatoms. The van der Waals surface area contributed by atoms with Gasteiger partial charge in [-0.1, -0.05) is 15.9 Å². The maximum atomic E-state index is 8.90. The van der Waals surface area contributed by atoms with Gasteiger partial charge >= 0.3 is 0 Å². The van der Waals surface area contributed by atoms with Crippen LogP contribution in [0, 0.1) is 0 Å². The number of aromatic nitrogens is 1. The van der Waals surface area contributed by atoms with E-state index in [9.17, 15) is 0 Å². The minimum atomic E-state index is 0.200. The van der Waals surface area contributed by atoms with Crippen LogP contribution in [0.15, 0.2) is 28.7 Å². The number of hydrogen-bond donors (Lipinski definition) is 1. The predicted octanol–water partition coefficient (Wildman–Crippen LogP) is 2.48. The Hall–Kier alpha value is -0.800. The van der Waals surface area contributed by atoms with Crippen molar-refractivity contribution < 1.29 is 5.11 Å². The predicted molar refractivity (Wildman–Crippen MR) is 61.4 cm³/mol. The highest BCUT2D eigenvalue weighted by atomic mass is 79.9. The van der Waals surface area contributed by atoms with E-state index in [4.69, 9.17) is 5.11 Å². The molecule has 1 N–H and O–H groups in total. The summed E-state index contributed by atoms with van der Waals surface area (Å²) in [6, 6.07) is 8.33. The Kier molecular flexibility index (Phi) is 2.61. The fourth-order valence-corrected chi connectivity index (χ4v) is 2.11. The summed E-state index contributed by atoms with van der Waals surface area (Å²) in [7, 11) is 2.03. The fourth-order valence-electron chi connectivity index (χ4n) is 1.73. The summed E-state index contributed by atoms with van der Waals surface area (Å²) in [5.41, 5.74) is 2.37. The zero-order chi connectivity index (χ0) is 10.1. The van der Waals surface area contributed by atoms with Crippen molar-refractivity contribution in [2.45, 2.75) is 6.42 Å². The molecule has 0 saturated heterocycles. The minimum absolute atomic E-state index is 0.200. The summed E-state index contributed by atoms with van der Waals surface area (Å²) >= 11 is 3.45. The smallest absolute Gasteiger partial charge is 0.0485 e. The topological polar surface area (TPSA) is 25.2 Å². The van der Waals surface area contributed by atoms with Gasteiger partial charge in [0, 0.05) is 41.1 Å². The van der Waals surface area contributed by atoms with E-state index in [1.165, 1.54) is 16.6 Å². The zero-order valence-corrected chi connectivity index (χ0v) is 9.58. The maximum absolute atomic E-state index is 8.90. The standard InChI is InChI=1S/C11H12BrNO/c1-13-10(4-5-14)7-8-6-9(12)2-3-11(8)13/h2-3,6-7,14H,4-5H2,1H3. The average Bonchev–Trinajstić information content (AvgIpc) is 2.44. The first-order valence-electron chi connectivity index (χ1n) is 4.57. The van der Waals surface area contributed by atoms with Crippen LogP contribution >= 0.6 is 15.9 Å². The molecule has 0 aliphatic rings. The second-order valence-electron chi connectivity index (χ2n) is 3.37. The quantitative estimate of drug-likeness (QED) is 0.875. The van der Waals surface area contributed by atoms with Crippen molar-refractivity contribution in [3.63, 3.8) is 0 Å². The van der Waals surface area contributed by atoms with Gasteiger partial charge in [-0.3, -0.25) is 0 Å². The number of aryl methyl sites for hydroxylation is 1. The highest BCUT2D eigenvalue weighted by molar-refractivity contribution is 9.10. The second kappa shape index (κ2) is 3.75. The normalized spacial score (nSPS) is 11.1. The third-order valence-corrected chi connectivity index (χ3v) is 2.97. The molecule has 2 nitrogen and oxygen atoms in total. The van der Waals surface area contributed by atoms with Gasteiger partial charge in [0.1, 0.15) is 0 Å². The molecule has 0 saturated carbocycles. The van der Waals surface area contributed by atoms with Crippen molar-refractivity contribution in [3.8, 4) is 0 Å². The molecule has 1 heterocycles. The third-order valence-electron chi connectivity index (χ3n) is 2.47. The summed E-state index contributed by atoms with van der Waals surface area (Å²) in [6.07, 6.45) is 0.711. The molecule has 2 rings (SSSR count). The lowest BCUT2D eigenvalue weighted by Gasteiger charge is -2.01. The number of halogens is 1. The molecule has 0 aliphatic carbocycles. The van der Waals surface area contributed by atoms with Crippen LogP contribution in [-0.2, 0) is 13.5 Å². The largest absolute Gasteiger partial charge is 0.396 e. The molecule has 0 unspecified atom stereocenters. The van der Waals surface area contributed by atoms with Gasteiger partial charge in [0.2, 0.25) is 0 Å². The lowest BCUT2D eigenvalue weighted by atomic mass is 10.2. The number of hydrogen-bond acceptors (Lipinski definition) is 1. The average molecular weight is 254 g/mol. The molecule has 0 bridgehead atoms. The third kappa shape index (κ3) is 1.57. The minimum Gasteiger partial charge on any atom is -0.396 e. The second-order valence-corrected chi connectivity index (χ2v) is 4.29. The molecule has 0 spiro atoms. The van der Waals surface area contributed by atoms with Crippen molar-refractivity contribution in [1.29, 1.82) is 0 Å². The van der Waals surface area contributed by atoms with Crippen LogP contribution in [0.25, 0.3) is 10.9 Å². The van der Waals surface area contributed by atoms with Crippen molar-refractivity contribution >= 4 is 26.8 Å². The number of fused-ring (bicyclic) bond motifs is 1. The molecule has 0 amide bonds. The van der Waals surface area contributed by atoms with Crippen molar-refractivity contribution in [3.05, 3.63) is 34.4 Å². The van der Waals surface area contributed by atoms with E-state index in [1.54, 1.807) is 0 Å². The summed E-state index contributed by atoms with van der Waals surface area (Å²) in [6.45, 7) is 0.200. The SMILES string of the molecule is Cn1c(CCO)cc2cc(Br)ccc21. The highest BCUT2D eigenvalue weighted by Gasteiger charge is 2.04. The van der Waals surface area contributed by atoms with E-state index in [-0.39, 0.29) is 6.61 Å². The van der Waals surface area contributed by atoms with Gasteiger partial charge in [-0.05, 0) is 24.3 Å². The first-order valence-corrected chi connectivity index (χ1v) is 5.36. The summed E-state index contributed by atoms with van der Waals surface area (Å²) in [5, 5.41) is 10.1. The lowest BCUT2D eigenvalue weighted by Crippen LogP contribution is -1.98. The van der Waals surface area contributed by atoms with Crippen LogP contribution in [0.2, 0.25) is 0 Å². The molecule has 1 aromatic heterocycles. The Morgan fingerprint density at radius 2 is 2.14 bits per heavy atom. The molecule has 0 aliphatic heterocycles. The van der Waals surface area contributed by atoms with Crippen LogP contribution in [0.5, 0.6) is 0 Å². The highest BCUT2D eigenvalue weighted by Crippen LogP contribution is 2.22. The first-order chi connectivity index (χ1) is 6.72. The zero-order valence-electron chi connectivity index (χ0n) is 8.00. The van der Waals surface area contributed by atoms with Crippen LogP contribution < -0.4 is 0 Å². The van der Waals surface area contributed by atoms with E-state index < -0.39 is 0 Å². The van der Waals surface area contributed by atoms with Crippen molar-refractivity contribution in [2.24, 2.45) is 7.05 Å². The van der Waals surface area contributed by atoms with E-state index >= 15 is 0 Å². The van der Waals surface area contributed by atoms with Gasteiger partial charge in [0.25, 0.3) is 0 Å². The Balaban J connectivity index is 2.61. The van der Waals surface area contributed by atoms with Gasteiger partial charge in [0.05, 0.1) is 0 Å². The van der Waals surface area contributed by atoms with Gasteiger partial charge in [0.15, 0.2) is 0 Å². The Morgan fingerprint density at radius 3 is 2.86 bits per heavy atom. The number of aliphatic hydroxyl groups excluding tert-OH is 1. The Morgan fingerprint density at radius 1 is 1.36 bits per heavy atom. The molecule has 74 valence electrons. The summed E-state index contributed by atoms with van der Waals surface area (Å²) in [5.74, 6) is 0. The monoisotopic (exact) mass is 253 g/mol. The first kappa shape index (κ1) is 9.74. The molecule has 0 fully saturated rings. The molecular weight excluding hydrogens is 242 g/mol. The molecule has 0 atom stereocenters. The number of aliphatic hydroxyl groups is 1. The Bertz CT molecular complexity index is 462. The van der Waals surface area contributed by atoms with Crippen molar-refractivity contribution in [2.75, 3.05) is 6.61 Å². The van der Waals surface area contributed by atoms with Crippen molar-refractivity contribution in [1.82, 2.24) is 4.57 Å². The van der Waals surface area contributed by atoms with E-state index in [1.807, 2.05) is 13.1 Å². The molecule has 2 aromatic rings. The number of rotatable bonds is 2.